The summed E-state index contributed by atoms with van der Waals surface area (Å²) < 4.78 is 0. The monoisotopic (exact) mass is 146 g/mol. The average Bonchev–Trinajstić information content (AvgIpc) is 1.91. The number of hydrogen-bond donors (Lipinski definition) is 2. The molecular weight excluding hydrogens is 136 g/mol. The second-order valence-electron chi connectivity index (χ2n) is 1.56. The lowest BCUT2D eigenvalue weighted by molar-refractivity contribution is -0.108. The van der Waals surface area contributed by atoms with Gasteiger partial charge in [-0.05, 0) is 6.92 Å². The maximum absolute atomic E-state index is 10.6. The summed E-state index contributed by atoms with van der Waals surface area (Å²) in [6.07, 6.45) is 0.278. The third-order valence-corrected chi connectivity index (χ3v) is 1.02. The predicted octanol–water partition coefficient (Wildman–Crippen LogP) is -0.876. The van der Waals surface area contributed by atoms with Gasteiger partial charge in [0.25, 0.3) is 0 Å². The Balaban J connectivity index is 3.76. The van der Waals surface area contributed by atoms with Crippen molar-refractivity contribution in [2.75, 3.05) is 13.3 Å². The zero-order valence-electron chi connectivity index (χ0n) is 5.70. The van der Waals surface area contributed by atoms with Crippen LogP contribution < -0.4 is 5.32 Å². The molecule has 0 aliphatic carbocycles. The number of aliphatic hydroxyl groups excluding tert-OH is 1. The van der Waals surface area contributed by atoms with Crippen LogP contribution in [0, 0.1) is 0 Å². The van der Waals surface area contributed by atoms with Crippen LogP contribution in [0.3, 0.4) is 0 Å². The molecule has 5 nitrogen and oxygen atoms in total. The maximum atomic E-state index is 10.6. The topological polar surface area (TPSA) is 69.6 Å². The van der Waals surface area contributed by atoms with Crippen LogP contribution in [0.5, 0.6) is 0 Å². The van der Waals surface area contributed by atoms with Crippen molar-refractivity contribution in [1.29, 1.82) is 0 Å². The van der Waals surface area contributed by atoms with Gasteiger partial charge in [-0.15, -0.1) is 0 Å². The lowest BCUT2D eigenvalue weighted by atomic mass is 10.6. The van der Waals surface area contributed by atoms with Gasteiger partial charge in [-0.25, -0.2) is 4.79 Å². The number of nitrogens with one attached hydrogen (secondary N) is 1. The Morgan fingerprint density at radius 2 is 2.40 bits per heavy atom. The van der Waals surface area contributed by atoms with Crippen molar-refractivity contribution in [2.24, 2.45) is 0 Å². The zero-order chi connectivity index (χ0) is 7.98. The van der Waals surface area contributed by atoms with E-state index in [9.17, 15) is 9.59 Å². The van der Waals surface area contributed by atoms with Crippen LogP contribution in [0.1, 0.15) is 6.92 Å². The van der Waals surface area contributed by atoms with Crippen LogP contribution >= 0.6 is 0 Å². The molecular formula is C5H10N2O3. The molecule has 0 aliphatic heterocycles. The molecule has 2 N–H and O–H groups in total. The average molecular weight is 146 g/mol. The standard InChI is InChI=1S/C5H10N2O3/c1-2-7(4-9)5(10)6-3-8/h3,9H,2,4H2,1H3,(H,6,8,10). The van der Waals surface area contributed by atoms with Crippen molar-refractivity contribution in [3.05, 3.63) is 0 Å². The molecule has 3 amide bonds. The number of aliphatic hydroxyl groups is 1. The molecule has 0 saturated heterocycles. The number of carbonyl (C=O) groups excluding carboxylic acids is 2. The second kappa shape index (κ2) is 4.75. The molecule has 58 valence electrons. The van der Waals surface area contributed by atoms with E-state index >= 15 is 0 Å². The van der Waals surface area contributed by atoms with E-state index in [4.69, 9.17) is 5.11 Å². The molecule has 0 rings (SSSR count). The zero-order valence-corrected chi connectivity index (χ0v) is 5.70. The van der Waals surface area contributed by atoms with Gasteiger partial charge in [-0.3, -0.25) is 10.1 Å². The molecule has 0 aromatic carbocycles. The van der Waals surface area contributed by atoms with Crippen LogP contribution in [0.4, 0.5) is 4.79 Å². The number of nitrogens with zero attached hydrogens (tertiary/aromatic N) is 1. The Morgan fingerprint density at radius 1 is 1.80 bits per heavy atom. The summed E-state index contributed by atoms with van der Waals surface area (Å²) >= 11 is 0. The highest BCUT2D eigenvalue weighted by atomic mass is 16.3. The first-order valence-electron chi connectivity index (χ1n) is 2.86. The van der Waals surface area contributed by atoms with Gasteiger partial charge in [0, 0.05) is 6.54 Å². The number of carbonyl (C=O) groups is 2. The summed E-state index contributed by atoms with van der Waals surface area (Å²) in [7, 11) is 0. The SMILES string of the molecule is CCN(CO)C(=O)NC=O. The largest absolute Gasteiger partial charge is 0.376 e. The molecule has 0 bridgehead atoms. The van der Waals surface area contributed by atoms with E-state index in [0.717, 1.165) is 4.90 Å². The van der Waals surface area contributed by atoms with Gasteiger partial charge in [0.05, 0.1) is 0 Å². The molecule has 0 aromatic rings. The number of urea groups is 1. The van der Waals surface area contributed by atoms with Crippen LogP contribution in [-0.4, -0.2) is 35.7 Å². The van der Waals surface area contributed by atoms with E-state index in [1.165, 1.54) is 0 Å². The summed E-state index contributed by atoms with van der Waals surface area (Å²) in [5, 5.41) is 10.4. The summed E-state index contributed by atoms with van der Waals surface area (Å²) in [4.78, 5) is 21.4. The first-order chi connectivity index (χ1) is 4.76. The highest BCUT2D eigenvalue weighted by molar-refractivity contribution is 5.84. The molecule has 0 heterocycles. The van der Waals surface area contributed by atoms with Crippen molar-refractivity contribution in [1.82, 2.24) is 10.2 Å². The van der Waals surface area contributed by atoms with E-state index in [1.54, 1.807) is 6.92 Å². The lowest BCUT2D eigenvalue weighted by Crippen LogP contribution is -2.39. The first-order valence-corrected chi connectivity index (χ1v) is 2.86. The Labute approximate surface area is 58.6 Å². The minimum absolute atomic E-state index is 0.278. The summed E-state index contributed by atoms with van der Waals surface area (Å²) in [6, 6.07) is -0.583. The van der Waals surface area contributed by atoms with E-state index in [1.807, 2.05) is 5.32 Å². The van der Waals surface area contributed by atoms with Crippen LogP contribution in [0.2, 0.25) is 0 Å². The molecule has 0 fully saturated rings. The summed E-state index contributed by atoms with van der Waals surface area (Å²) in [5.41, 5.74) is 0. The Morgan fingerprint density at radius 3 is 2.70 bits per heavy atom. The maximum Gasteiger partial charge on any atom is 0.325 e. The quantitative estimate of drug-likeness (QED) is 0.401. The molecule has 0 aromatic heterocycles. The van der Waals surface area contributed by atoms with E-state index in [0.29, 0.717) is 6.54 Å². The molecule has 0 radical (unpaired) electrons. The van der Waals surface area contributed by atoms with Crippen molar-refractivity contribution in [3.63, 3.8) is 0 Å². The highest BCUT2D eigenvalue weighted by Crippen LogP contribution is 1.83. The number of amides is 3. The van der Waals surface area contributed by atoms with Crippen LogP contribution in [0.25, 0.3) is 0 Å². The molecule has 0 unspecified atom stereocenters. The third-order valence-electron chi connectivity index (χ3n) is 1.02. The fraction of sp³-hybridized carbons (Fsp3) is 0.600. The highest BCUT2D eigenvalue weighted by Gasteiger charge is 2.06. The minimum atomic E-state index is -0.583. The molecule has 0 atom stereocenters. The Bertz CT molecular complexity index is 122. The third kappa shape index (κ3) is 2.45. The Kier molecular flexibility index (Phi) is 4.23. The molecule has 10 heavy (non-hydrogen) atoms. The second-order valence-corrected chi connectivity index (χ2v) is 1.56. The van der Waals surface area contributed by atoms with Gasteiger partial charge in [-0.2, -0.15) is 0 Å². The molecule has 0 spiro atoms. The van der Waals surface area contributed by atoms with Gasteiger partial charge < -0.3 is 10.0 Å². The minimum Gasteiger partial charge on any atom is -0.376 e. The van der Waals surface area contributed by atoms with Crippen molar-refractivity contribution < 1.29 is 14.7 Å². The van der Waals surface area contributed by atoms with E-state index in [2.05, 4.69) is 0 Å². The fourth-order valence-corrected chi connectivity index (χ4v) is 0.450. The summed E-state index contributed by atoms with van der Waals surface area (Å²) in [5.74, 6) is 0. The van der Waals surface area contributed by atoms with Crippen molar-refractivity contribution in [3.8, 4) is 0 Å². The van der Waals surface area contributed by atoms with Crippen molar-refractivity contribution in [2.45, 2.75) is 6.92 Å². The summed E-state index contributed by atoms with van der Waals surface area (Å²) in [6.45, 7) is 1.69. The van der Waals surface area contributed by atoms with Crippen LogP contribution in [-0.2, 0) is 4.79 Å². The molecule has 5 heteroatoms. The lowest BCUT2D eigenvalue weighted by Gasteiger charge is -2.15. The number of imide groups is 1. The van der Waals surface area contributed by atoms with Crippen LogP contribution in [0.15, 0.2) is 0 Å². The van der Waals surface area contributed by atoms with Gasteiger partial charge >= 0.3 is 6.03 Å². The van der Waals surface area contributed by atoms with E-state index in [-0.39, 0.29) is 13.1 Å². The van der Waals surface area contributed by atoms with Crippen molar-refractivity contribution >= 4 is 12.4 Å². The van der Waals surface area contributed by atoms with Gasteiger partial charge in [0.1, 0.15) is 6.73 Å². The number of rotatable bonds is 3. The number of hydrogen-bond acceptors (Lipinski definition) is 3. The molecule has 0 aliphatic rings. The first kappa shape index (κ1) is 8.90. The predicted molar refractivity (Wildman–Crippen MR) is 34.1 cm³/mol. The van der Waals surface area contributed by atoms with Gasteiger partial charge in [0.2, 0.25) is 6.41 Å². The fourth-order valence-electron chi connectivity index (χ4n) is 0.450. The van der Waals surface area contributed by atoms with E-state index < -0.39 is 6.03 Å². The Hall–Kier alpha value is -1.10. The normalized spacial score (nSPS) is 8.60. The van der Waals surface area contributed by atoms with Gasteiger partial charge in [0.15, 0.2) is 0 Å². The van der Waals surface area contributed by atoms with Gasteiger partial charge in [-0.1, -0.05) is 0 Å². The molecule has 0 saturated carbocycles. The smallest absolute Gasteiger partial charge is 0.325 e.